The molecule has 0 saturated heterocycles. The molecule has 0 saturated carbocycles. The van der Waals surface area contributed by atoms with Crippen LogP contribution >= 0.6 is 0 Å². The molecule has 5 nitrogen and oxygen atoms in total. The molecule has 0 aromatic carbocycles. The van der Waals surface area contributed by atoms with Gasteiger partial charge in [0, 0.05) is 25.0 Å². The van der Waals surface area contributed by atoms with Gasteiger partial charge in [0.25, 0.3) is 0 Å². The van der Waals surface area contributed by atoms with Crippen molar-refractivity contribution in [2.75, 3.05) is 26.4 Å². The standard InChI is InChI=1S/C17H29F3O5S/c1-3-5-11-23-13-16(14-24-12-6-4-2)9-7-15(8-10-16)25-26(21,22)17(18,19)20/h7H,3-6,8-14H2,1-2H3. The molecule has 0 bridgehead atoms. The fraction of sp³-hybridized carbons (Fsp3) is 0.882. The number of alkyl halides is 3. The monoisotopic (exact) mass is 402 g/mol. The Balaban J connectivity index is 2.70. The van der Waals surface area contributed by atoms with Gasteiger partial charge in [0.05, 0.1) is 13.2 Å². The van der Waals surface area contributed by atoms with Gasteiger partial charge in [0.15, 0.2) is 0 Å². The van der Waals surface area contributed by atoms with Crippen LogP contribution in [0, 0.1) is 5.41 Å². The van der Waals surface area contributed by atoms with Crippen LogP contribution in [-0.4, -0.2) is 40.4 Å². The second-order valence-electron chi connectivity index (χ2n) is 6.67. The molecule has 26 heavy (non-hydrogen) atoms. The third-order valence-electron chi connectivity index (χ3n) is 4.27. The summed E-state index contributed by atoms with van der Waals surface area (Å²) < 4.78 is 75.3. The zero-order chi connectivity index (χ0) is 19.7. The van der Waals surface area contributed by atoms with Crippen LogP contribution in [-0.2, 0) is 23.8 Å². The second kappa shape index (κ2) is 10.5. The molecule has 1 aliphatic carbocycles. The van der Waals surface area contributed by atoms with Crippen LogP contribution in [0.1, 0.15) is 58.8 Å². The summed E-state index contributed by atoms with van der Waals surface area (Å²) in [5, 5.41) is 0. The summed E-state index contributed by atoms with van der Waals surface area (Å²) in [6.45, 7) is 6.19. The number of hydrogen-bond acceptors (Lipinski definition) is 5. The first-order valence-corrected chi connectivity index (χ1v) is 10.4. The first-order valence-electron chi connectivity index (χ1n) is 9.01. The quantitative estimate of drug-likeness (QED) is 0.272. The third-order valence-corrected chi connectivity index (χ3v) is 5.27. The van der Waals surface area contributed by atoms with E-state index in [1.807, 2.05) is 0 Å². The van der Waals surface area contributed by atoms with Crippen LogP contribution in [0.15, 0.2) is 11.8 Å². The third kappa shape index (κ3) is 7.44. The van der Waals surface area contributed by atoms with Gasteiger partial charge in [0.1, 0.15) is 5.76 Å². The fourth-order valence-corrected chi connectivity index (χ4v) is 3.09. The van der Waals surface area contributed by atoms with Crippen LogP contribution in [0.3, 0.4) is 0 Å². The molecule has 0 spiro atoms. The van der Waals surface area contributed by atoms with Crippen LogP contribution in [0.4, 0.5) is 13.2 Å². The van der Waals surface area contributed by atoms with E-state index in [9.17, 15) is 21.6 Å². The summed E-state index contributed by atoms with van der Waals surface area (Å²) in [6, 6.07) is 0. The molecule has 0 aliphatic heterocycles. The molecule has 0 radical (unpaired) electrons. The van der Waals surface area contributed by atoms with Crippen molar-refractivity contribution in [3.63, 3.8) is 0 Å². The van der Waals surface area contributed by atoms with Crippen molar-refractivity contribution in [2.24, 2.45) is 5.41 Å². The molecule has 0 unspecified atom stereocenters. The molecule has 0 fully saturated rings. The number of hydrogen-bond donors (Lipinski definition) is 0. The van der Waals surface area contributed by atoms with Crippen molar-refractivity contribution in [3.05, 3.63) is 11.8 Å². The molecule has 0 heterocycles. The van der Waals surface area contributed by atoms with Crippen molar-refractivity contribution < 1.29 is 35.2 Å². The maximum absolute atomic E-state index is 12.4. The molecular weight excluding hydrogens is 373 g/mol. The average Bonchev–Trinajstić information content (AvgIpc) is 2.57. The minimum absolute atomic E-state index is 0.101. The van der Waals surface area contributed by atoms with E-state index in [1.165, 1.54) is 6.08 Å². The highest BCUT2D eigenvalue weighted by Crippen LogP contribution is 2.38. The molecule has 0 amide bonds. The van der Waals surface area contributed by atoms with E-state index in [1.54, 1.807) is 0 Å². The van der Waals surface area contributed by atoms with Gasteiger partial charge >= 0.3 is 15.6 Å². The summed E-state index contributed by atoms with van der Waals surface area (Å²) in [5.74, 6) is -0.167. The Hall–Kier alpha value is -0.800. The number of allylic oxidation sites excluding steroid dienone is 2. The van der Waals surface area contributed by atoms with E-state index < -0.39 is 15.6 Å². The molecule has 0 aromatic rings. The number of rotatable bonds is 12. The summed E-state index contributed by atoms with van der Waals surface area (Å²) >= 11 is 0. The lowest BCUT2D eigenvalue weighted by Crippen LogP contribution is -2.35. The van der Waals surface area contributed by atoms with Crippen molar-refractivity contribution in [1.29, 1.82) is 0 Å². The highest BCUT2D eigenvalue weighted by atomic mass is 32.2. The average molecular weight is 402 g/mol. The second-order valence-corrected chi connectivity index (χ2v) is 8.21. The lowest BCUT2D eigenvalue weighted by atomic mass is 9.78. The van der Waals surface area contributed by atoms with E-state index >= 15 is 0 Å². The van der Waals surface area contributed by atoms with Crippen molar-refractivity contribution in [2.45, 2.75) is 64.3 Å². The maximum Gasteiger partial charge on any atom is 0.534 e. The van der Waals surface area contributed by atoms with Crippen LogP contribution in [0.25, 0.3) is 0 Å². The minimum Gasteiger partial charge on any atom is -0.381 e. The van der Waals surface area contributed by atoms with E-state index in [2.05, 4.69) is 18.0 Å². The molecule has 0 aromatic heterocycles. The highest BCUT2D eigenvalue weighted by molar-refractivity contribution is 7.87. The predicted molar refractivity (Wildman–Crippen MR) is 91.9 cm³/mol. The van der Waals surface area contributed by atoms with E-state index in [0.29, 0.717) is 39.3 Å². The summed E-state index contributed by atoms with van der Waals surface area (Å²) in [6.07, 6.45) is 6.20. The Labute approximate surface area is 154 Å². The molecule has 9 heteroatoms. The van der Waals surface area contributed by atoms with E-state index in [0.717, 1.165) is 25.7 Å². The zero-order valence-electron chi connectivity index (χ0n) is 15.4. The number of ether oxygens (including phenoxy) is 2. The lowest BCUT2D eigenvalue weighted by molar-refractivity contribution is -0.0536. The van der Waals surface area contributed by atoms with Gasteiger partial charge in [-0.15, -0.1) is 0 Å². The van der Waals surface area contributed by atoms with Gasteiger partial charge in [-0.05, 0) is 31.8 Å². The Morgan fingerprint density at radius 1 is 1.08 bits per heavy atom. The first-order chi connectivity index (χ1) is 12.2. The zero-order valence-corrected chi connectivity index (χ0v) is 16.3. The van der Waals surface area contributed by atoms with Crippen molar-refractivity contribution in [1.82, 2.24) is 0 Å². The van der Waals surface area contributed by atoms with E-state index in [-0.39, 0.29) is 17.6 Å². The topological polar surface area (TPSA) is 61.8 Å². The highest BCUT2D eigenvalue weighted by Gasteiger charge is 2.49. The molecule has 154 valence electrons. The smallest absolute Gasteiger partial charge is 0.381 e. The van der Waals surface area contributed by atoms with Crippen molar-refractivity contribution >= 4 is 10.1 Å². The largest absolute Gasteiger partial charge is 0.534 e. The van der Waals surface area contributed by atoms with Gasteiger partial charge in [-0.25, -0.2) is 0 Å². The summed E-state index contributed by atoms with van der Waals surface area (Å²) in [4.78, 5) is 0. The fourth-order valence-electron chi connectivity index (χ4n) is 2.56. The Morgan fingerprint density at radius 3 is 2.00 bits per heavy atom. The molecule has 0 N–H and O–H groups in total. The van der Waals surface area contributed by atoms with Crippen molar-refractivity contribution in [3.8, 4) is 0 Å². The molecular formula is C17H29F3O5S. The maximum atomic E-state index is 12.4. The van der Waals surface area contributed by atoms with Crippen LogP contribution in [0.5, 0.6) is 0 Å². The van der Waals surface area contributed by atoms with Gasteiger partial charge in [-0.3, -0.25) is 0 Å². The lowest BCUT2D eigenvalue weighted by Gasteiger charge is -2.35. The minimum atomic E-state index is -5.61. The summed E-state index contributed by atoms with van der Waals surface area (Å²) in [5.41, 5.74) is -5.79. The molecule has 0 atom stereocenters. The van der Waals surface area contributed by atoms with Crippen LogP contribution in [0.2, 0.25) is 0 Å². The normalized spacial score (nSPS) is 17.8. The Bertz CT molecular complexity index is 531. The Kier molecular flexibility index (Phi) is 9.40. The van der Waals surface area contributed by atoms with Crippen LogP contribution < -0.4 is 0 Å². The first kappa shape index (κ1) is 23.2. The molecule has 1 rings (SSSR count). The van der Waals surface area contributed by atoms with Gasteiger partial charge in [0.2, 0.25) is 0 Å². The van der Waals surface area contributed by atoms with E-state index in [4.69, 9.17) is 9.47 Å². The van der Waals surface area contributed by atoms with Gasteiger partial charge in [-0.1, -0.05) is 26.7 Å². The molecule has 1 aliphatic rings. The Morgan fingerprint density at radius 2 is 1.62 bits per heavy atom. The number of halogens is 3. The summed E-state index contributed by atoms with van der Waals surface area (Å²) in [7, 11) is -5.61. The van der Waals surface area contributed by atoms with Gasteiger partial charge < -0.3 is 13.7 Å². The SMILES string of the molecule is CCCCOCC1(COCCCC)CC=C(OS(=O)(=O)C(F)(F)F)CC1. The predicted octanol–water partition coefficient (Wildman–Crippen LogP) is 4.54. The van der Waals surface area contributed by atoms with Gasteiger partial charge in [-0.2, -0.15) is 21.6 Å². The number of unbranched alkanes of at least 4 members (excludes halogenated alkanes) is 2.